The summed E-state index contributed by atoms with van der Waals surface area (Å²) in [5, 5.41) is 0. The predicted octanol–water partition coefficient (Wildman–Crippen LogP) is 3.39. The minimum atomic E-state index is 0.959. The third kappa shape index (κ3) is 2.17. The first-order valence-electron chi connectivity index (χ1n) is 4.44. The molecule has 0 aromatic heterocycles. The van der Waals surface area contributed by atoms with E-state index in [1.54, 1.807) is 0 Å². The first-order chi connectivity index (χ1) is 4.83. The molecule has 1 aliphatic carbocycles. The fraction of sp³-hybridized carbons (Fsp3) is 0.800. The van der Waals surface area contributed by atoms with Crippen LogP contribution in [0.3, 0.4) is 0 Å². The second kappa shape index (κ2) is 3.80. The molecule has 1 saturated carbocycles. The summed E-state index contributed by atoms with van der Waals surface area (Å²) in [7, 11) is 0. The summed E-state index contributed by atoms with van der Waals surface area (Å²) in [4.78, 5) is 0. The average molecular weight is 138 g/mol. The van der Waals surface area contributed by atoms with Crippen molar-refractivity contribution in [2.24, 2.45) is 11.8 Å². The van der Waals surface area contributed by atoms with Crippen molar-refractivity contribution in [1.82, 2.24) is 0 Å². The van der Waals surface area contributed by atoms with Crippen LogP contribution in [-0.4, -0.2) is 0 Å². The lowest BCUT2D eigenvalue weighted by Crippen LogP contribution is -2.12. The van der Waals surface area contributed by atoms with E-state index >= 15 is 0 Å². The quantitative estimate of drug-likeness (QED) is 0.513. The van der Waals surface area contributed by atoms with Gasteiger partial charge in [0.1, 0.15) is 0 Å². The van der Waals surface area contributed by atoms with Crippen LogP contribution in [0.15, 0.2) is 12.7 Å². The Kier molecular flexibility index (Phi) is 2.98. The fourth-order valence-corrected chi connectivity index (χ4v) is 2.01. The summed E-state index contributed by atoms with van der Waals surface area (Å²) in [6, 6.07) is 0. The Morgan fingerprint density at radius 3 is 2.90 bits per heavy atom. The Bertz CT molecular complexity index is 105. The standard InChI is InChI=1S/C10H18/c1-3-5-10-7-4-6-9(2)8-10/h3,9-10H,1,4-8H2,2H3/t9?,10-/m0/s1. The topological polar surface area (TPSA) is 0 Å². The van der Waals surface area contributed by atoms with Gasteiger partial charge in [0.2, 0.25) is 0 Å². The zero-order valence-corrected chi connectivity index (χ0v) is 6.97. The van der Waals surface area contributed by atoms with Gasteiger partial charge in [0.25, 0.3) is 0 Å². The van der Waals surface area contributed by atoms with E-state index in [1.807, 2.05) is 0 Å². The van der Waals surface area contributed by atoms with Crippen molar-refractivity contribution in [3.63, 3.8) is 0 Å². The van der Waals surface area contributed by atoms with Gasteiger partial charge >= 0.3 is 0 Å². The van der Waals surface area contributed by atoms with Crippen molar-refractivity contribution >= 4 is 0 Å². The molecule has 0 heteroatoms. The van der Waals surface area contributed by atoms with Gasteiger partial charge in [-0.3, -0.25) is 0 Å². The molecule has 2 atom stereocenters. The molecular formula is C10H18. The van der Waals surface area contributed by atoms with E-state index in [4.69, 9.17) is 0 Å². The molecule has 1 aliphatic rings. The van der Waals surface area contributed by atoms with Crippen molar-refractivity contribution < 1.29 is 0 Å². The van der Waals surface area contributed by atoms with Crippen LogP contribution in [-0.2, 0) is 0 Å². The van der Waals surface area contributed by atoms with E-state index < -0.39 is 0 Å². The molecule has 0 aromatic carbocycles. The molecule has 1 rings (SSSR count). The average Bonchev–Trinajstić information content (AvgIpc) is 1.88. The smallest absolute Gasteiger partial charge is 0.0325 e. The molecule has 0 aliphatic heterocycles. The van der Waals surface area contributed by atoms with Gasteiger partial charge in [0.05, 0.1) is 0 Å². The molecule has 0 nitrogen and oxygen atoms in total. The third-order valence-electron chi connectivity index (χ3n) is 2.54. The highest BCUT2D eigenvalue weighted by molar-refractivity contribution is 4.77. The molecule has 0 bridgehead atoms. The van der Waals surface area contributed by atoms with Crippen LogP contribution in [0.25, 0.3) is 0 Å². The molecule has 0 amide bonds. The molecule has 0 heterocycles. The first-order valence-corrected chi connectivity index (χ1v) is 4.44. The lowest BCUT2D eigenvalue weighted by molar-refractivity contribution is 0.285. The number of allylic oxidation sites excluding steroid dienone is 1. The first kappa shape index (κ1) is 7.84. The second-order valence-corrected chi connectivity index (χ2v) is 3.66. The van der Waals surface area contributed by atoms with Crippen LogP contribution in [0.5, 0.6) is 0 Å². The van der Waals surface area contributed by atoms with Gasteiger partial charge in [0, 0.05) is 0 Å². The van der Waals surface area contributed by atoms with Crippen molar-refractivity contribution in [1.29, 1.82) is 0 Å². The predicted molar refractivity (Wildman–Crippen MR) is 45.9 cm³/mol. The molecule has 1 fully saturated rings. The summed E-state index contributed by atoms with van der Waals surface area (Å²) in [5.74, 6) is 1.93. The van der Waals surface area contributed by atoms with Crippen LogP contribution in [0, 0.1) is 11.8 Å². The Balaban J connectivity index is 2.24. The van der Waals surface area contributed by atoms with Gasteiger partial charge in [-0.15, -0.1) is 6.58 Å². The van der Waals surface area contributed by atoms with Gasteiger partial charge in [0.15, 0.2) is 0 Å². The van der Waals surface area contributed by atoms with E-state index in [0.717, 1.165) is 11.8 Å². The Morgan fingerprint density at radius 1 is 1.50 bits per heavy atom. The van der Waals surface area contributed by atoms with Crippen LogP contribution in [0.2, 0.25) is 0 Å². The monoisotopic (exact) mass is 138 g/mol. The lowest BCUT2D eigenvalue weighted by atomic mass is 9.81. The van der Waals surface area contributed by atoms with Crippen molar-refractivity contribution in [3.8, 4) is 0 Å². The van der Waals surface area contributed by atoms with Crippen LogP contribution >= 0.6 is 0 Å². The number of hydrogen-bond acceptors (Lipinski definition) is 0. The molecule has 0 saturated heterocycles. The summed E-state index contributed by atoms with van der Waals surface area (Å²) >= 11 is 0. The maximum absolute atomic E-state index is 3.78. The van der Waals surface area contributed by atoms with Gasteiger partial charge < -0.3 is 0 Å². The van der Waals surface area contributed by atoms with Crippen LogP contribution in [0.1, 0.15) is 39.0 Å². The molecular weight excluding hydrogens is 120 g/mol. The van der Waals surface area contributed by atoms with Crippen molar-refractivity contribution in [2.45, 2.75) is 39.0 Å². The summed E-state index contributed by atoms with van der Waals surface area (Å²) in [6.45, 7) is 6.15. The lowest BCUT2D eigenvalue weighted by Gasteiger charge is -2.25. The fourth-order valence-electron chi connectivity index (χ4n) is 2.01. The molecule has 0 radical (unpaired) electrons. The Hall–Kier alpha value is -0.260. The van der Waals surface area contributed by atoms with Gasteiger partial charge in [-0.25, -0.2) is 0 Å². The SMILES string of the molecule is C=CC[C@H]1CCCC(C)C1. The normalized spacial score (nSPS) is 33.7. The van der Waals surface area contributed by atoms with E-state index in [9.17, 15) is 0 Å². The highest BCUT2D eigenvalue weighted by Crippen LogP contribution is 2.30. The zero-order valence-electron chi connectivity index (χ0n) is 6.97. The number of rotatable bonds is 2. The maximum atomic E-state index is 3.78. The highest BCUT2D eigenvalue weighted by atomic mass is 14.2. The van der Waals surface area contributed by atoms with E-state index in [-0.39, 0.29) is 0 Å². The Labute approximate surface area is 64.3 Å². The molecule has 0 N–H and O–H groups in total. The third-order valence-corrected chi connectivity index (χ3v) is 2.54. The minimum Gasteiger partial charge on any atom is -0.103 e. The summed E-state index contributed by atoms with van der Waals surface area (Å²) in [5.41, 5.74) is 0. The van der Waals surface area contributed by atoms with Crippen molar-refractivity contribution in [3.05, 3.63) is 12.7 Å². The second-order valence-electron chi connectivity index (χ2n) is 3.66. The number of hydrogen-bond donors (Lipinski definition) is 0. The van der Waals surface area contributed by atoms with Gasteiger partial charge in [-0.1, -0.05) is 32.3 Å². The maximum Gasteiger partial charge on any atom is -0.0325 e. The van der Waals surface area contributed by atoms with Crippen LogP contribution < -0.4 is 0 Å². The van der Waals surface area contributed by atoms with E-state index in [0.29, 0.717) is 0 Å². The van der Waals surface area contributed by atoms with Gasteiger partial charge in [-0.2, -0.15) is 0 Å². The summed E-state index contributed by atoms with van der Waals surface area (Å²) in [6.07, 6.45) is 9.09. The van der Waals surface area contributed by atoms with E-state index in [2.05, 4.69) is 19.6 Å². The molecule has 58 valence electrons. The highest BCUT2D eigenvalue weighted by Gasteiger charge is 2.16. The Morgan fingerprint density at radius 2 is 2.30 bits per heavy atom. The molecule has 10 heavy (non-hydrogen) atoms. The van der Waals surface area contributed by atoms with Crippen molar-refractivity contribution in [2.75, 3.05) is 0 Å². The van der Waals surface area contributed by atoms with Gasteiger partial charge in [-0.05, 0) is 24.7 Å². The molecule has 1 unspecified atom stereocenters. The zero-order chi connectivity index (χ0) is 7.40. The molecule has 0 spiro atoms. The largest absolute Gasteiger partial charge is 0.103 e. The van der Waals surface area contributed by atoms with Crippen LogP contribution in [0.4, 0.5) is 0 Å². The summed E-state index contributed by atoms with van der Waals surface area (Å²) < 4.78 is 0. The minimum absolute atomic E-state index is 0.959. The van der Waals surface area contributed by atoms with E-state index in [1.165, 1.54) is 32.1 Å². The molecule has 0 aromatic rings.